The summed E-state index contributed by atoms with van der Waals surface area (Å²) in [5.41, 5.74) is 2.50. The number of esters is 1. The molecule has 0 fully saturated rings. The molecule has 0 amide bonds. The van der Waals surface area contributed by atoms with Crippen LogP contribution in [-0.4, -0.2) is 21.0 Å². The molecule has 0 saturated heterocycles. The maximum absolute atomic E-state index is 12.0. The second-order valence-electron chi connectivity index (χ2n) is 5.05. The summed E-state index contributed by atoms with van der Waals surface area (Å²) in [7, 11) is 0. The minimum atomic E-state index is -0.518. The van der Waals surface area contributed by atoms with E-state index in [1.807, 2.05) is 61.5 Å². The molecule has 3 aromatic rings. The summed E-state index contributed by atoms with van der Waals surface area (Å²) in [6.07, 6.45) is 3.21. The van der Waals surface area contributed by atoms with E-state index in [4.69, 9.17) is 4.74 Å². The molecule has 5 heteroatoms. The summed E-state index contributed by atoms with van der Waals surface area (Å²) < 4.78 is 5.45. The molecule has 0 aliphatic rings. The Kier molecular flexibility index (Phi) is 4.47. The van der Waals surface area contributed by atoms with E-state index in [1.54, 1.807) is 6.08 Å². The molecule has 0 spiro atoms. The normalized spacial score (nSPS) is 12.6. The van der Waals surface area contributed by atoms with Gasteiger partial charge in [0.25, 0.3) is 0 Å². The summed E-state index contributed by atoms with van der Waals surface area (Å²) in [4.78, 5) is 13.5. The van der Waals surface area contributed by atoms with E-state index < -0.39 is 12.2 Å². The van der Waals surface area contributed by atoms with Crippen LogP contribution in [0, 0.1) is 0 Å². The summed E-state index contributed by atoms with van der Waals surface area (Å²) in [5.74, 6) is -0.415. The molecule has 2 aromatic carbocycles. The molecule has 0 N–H and O–H groups in total. The lowest BCUT2D eigenvalue weighted by atomic mass is 10.2. The van der Waals surface area contributed by atoms with Crippen LogP contribution in [0.3, 0.4) is 0 Å². The Morgan fingerprint density at radius 3 is 2.30 bits per heavy atom. The standard InChI is InChI=1S/C18H17N3O2/c1-2-17(21-19-15-10-6-7-11-16(15)20-21)23-18(22)13-12-14-8-4-3-5-9-14/h3-13,17H,2H2,1H3. The third kappa shape index (κ3) is 3.63. The van der Waals surface area contributed by atoms with E-state index in [9.17, 15) is 4.79 Å². The number of fused-ring (bicyclic) bond motifs is 1. The highest BCUT2D eigenvalue weighted by atomic mass is 16.6. The minimum Gasteiger partial charge on any atom is -0.435 e. The van der Waals surface area contributed by atoms with E-state index in [2.05, 4.69) is 10.2 Å². The smallest absolute Gasteiger partial charge is 0.332 e. The van der Waals surface area contributed by atoms with Gasteiger partial charge in [-0.05, 0) is 23.8 Å². The Labute approximate surface area is 134 Å². The van der Waals surface area contributed by atoms with Gasteiger partial charge in [-0.3, -0.25) is 0 Å². The van der Waals surface area contributed by atoms with Crippen molar-refractivity contribution >= 4 is 23.1 Å². The first kappa shape index (κ1) is 15.0. The molecule has 1 aromatic heterocycles. The predicted octanol–water partition coefficient (Wildman–Crippen LogP) is 3.60. The number of rotatable bonds is 5. The topological polar surface area (TPSA) is 57.0 Å². The zero-order valence-corrected chi connectivity index (χ0v) is 12.8. The Morgan fingerprint density at radius 1 is 1.09 bits per heavy atom. The number of carbonyl (C=O) groups excluding carboxylic acids is 1. The van der Waals surface area contributed by atoms with E-state index in [0.29, 0.717) is 6.42 Å². The predicted molar refractivity (Wildman–Crippen MR) is 88.4 cm³/mol. The van der Waals surface area contributed by atoms with Crippen LogP contribution in [0.5, 0.6) is 0 Å². The molecule has 1 atom stereocenters. The van der Waals surface area contributed by atoms with Crippen LogP contribution < -0.4 is 0 Å². The number of nitrogens with zero attached hydrogens (tertiary/aromatic N) is 3. The van der Waals surface area contributed by atoms with E-state index in [0.717, 1.165) is 16.6 Å². The summed E-state index contributed by atoms with van der Waals surface area (Å²) in [5, 5.41) is 8.72. The van der Waals surface area contributed by atoms with Crippen molar-refractivity contribution in [3.8, 4) is 0 Å². The molecule has 3 rings (SSSR count). The van der Waals surface area contributed by atoms with E-state index >= 15 is 0 Å². The summed E-state index contributed by atoms with van der Waals surface area (Å²) >= 11 is 0. The highest BCUT2D eigenvalue weighted by molar-refractivity contribution is 5.87. The minimum absolute atomic E-state index is 0.415. The molecule has 0 bridgehead atoms. The van der Waals surface area contributed by atoms with Gasteiger partial charge >= 0.3 is 5.97 Å². The third-order valence-electron chi connectivity index (χ3n) is 3.37. The van der Waals surface area contributed by atoms with Crippen LogP contribution in [0.2, 0.25) is 0 Å². The highest BCUT2D eigenvalue weighted by Crippen LogP contribution is 2.15. The number of carbonyl (C=O) groups is 1. The van der Waals surface area contributed by atoms with Crippen LogP contribution >= 0.6 is 0 Å². The van der Waals surface area contributed by atoms with Gasteiger partial charge in [0, 0.05) is 12.5 Å². The fraction of sp³-hybridized carbons (Fsp3) is 0.167. The summed E-state index contributed by atoms with van der Waals surface area (Å²) in [6.45, 7) is 1.92. The van der Waals surface area contributed by atoms with Crippen LogP contribution in [0.4, 0.5) is 0 Å². The fourth-order valence-electron chi connectivity index (χ4n) is 2.20. The van der Waals surface area contributed by atoms with Gasteiger partial charge in [0.05, 0.1) is 0 Å². The molecular weight excluding hydrogens is 290 g/mol. The fourth-order valence-corrected chi connectivity index (χ4v) is 2.20. The molecule has 0 radical (unpaired) electrons. The number of benzene rings is 2. The van der Waals surface area contributed by atoms with Gasteiger partial charge in [0.1, 0.15) is 11.0 Å². The highest BCUT2D eigenvalue weighted by Gasteiger charge is 2.15. The lowest BCUT2D eigenvalue weighted by Crippen LogP contribution is -2.18. The summed E-state index contributed by atoms with van der Waals surface area (Å²) in [6, 6.07) is 17.2. The van der Waals surface area contributed by atoms with Gasteiger partial charge in [-0.25, -0.2) is 4.79 Å². The SMILES string of the molecule is CCC(OC(=O)C=Cc1ccccc1)n1nc2ccccc2n1. The van der Waals surface area contributed by atoms with Crippen LogP contribution in [0.15, 0.2) is 60.7 Å². The Morgan fingerprint density at radius 2 is 1.70 bits per heavy atom. The van der Waals surface area contributed by atoms with Gasteiger partial charge in [-0.2, -0.15) is 0 Å². The molecule has 1 unspecified atom stereocenters. The number of ether oxygens (including phenoxy) is 1. The van der Waals surface area contributed by atoms with E-state index in [-0.39, 0.29) is 0 Å². The Bertz CT molecular complexity index is 791. The Balaban J connectivity index is 1.71. The van der Waals surface area contributed by atoms with Crippen molar-refractivity contribution in [2.75, 3.05) is 0 Å². The van der Waals surface area contributed by atoms with Gasteiger partial charge in [0.2, 0.25) is 6.23 Å². The number of hydrogen-bond acceptors (Lipinski definition) is 4. The van der Waals surface area contributed by atoms with Crippen molar-refractivity contribution in [3.05, 3.63) is 66.2 Å². The van der Waals surface area contributed by atoms with Crippen molar-refractivity contribution in [2.24, 2.45) is 0 Å². The Hall–Kier alpha value is -2.95. The van der Waals surface area contributed by atoms with Crippen molar-refractivity contribution in [3.63, 3.8) is 0 Å². The average Bonchev–Trinajstić information content (AvgIpc) is 3.02. The molecule has 116 valence electrons. The molecule has 0 saturated carbocycles. The first-order valence-electron chi connectivity index (χ1n) is 7.51. The zero-order chi connectivity index (χ0) is 16.1. The van der Waals surface area contributed by atoms with Gasteiger partial charge < -0.3 is 4.74 Å². The molecule has 5 nitrogen and oxygen atoms in total. The van der Waals surface area contributed by atoms with Gasteiger partial charge in [-0.15, -0.1) is 15.0 Å². The van der Waals surface area contributed by atoms with Crippen molar-refractivity contribution in [1.82, 2.24) is 15.0 Å². The maximum atomic E-state index is 12.0. The molecular formula is C18H17N3O2. The van der Waals surface area contributed by atoms with Gasteiger partial charge in [-0.1, -0.05) is 49.4 Å². The van der Waals surface area contributed by atoms with Crippen LogP contribution in [-0.2, 0) is 9.53 Å². The third-order valence-corrected chi connectivity index (χ3v) is 3.37. The molecule has 0 aliphatic carbocycles. The second kappa shape index (κ2) is 6.87. The van der Waals surface area contributed by atoms with Gasteiger partial charge in [0.15, 0.2) is 0 Å². The van der Waals surface area contributed by atoms with Crippen molar-refractivity contribution in [1.29, 1.82) is 0 Å². The number of aromatic nitrogens is 3. The first-order valence-corrected chi connectivity index (χ1v) is 7.51. The lowest BCUT2D eigenvalue weighted by molar-refractivity contribution is -0.149. The first-order chi connectivity index (χ1) is 11.3. The second-order valence-corrected chi connectivity index (χ2v) is 5.05. The van der Waals surface area contributed by atoms with Crippen molar-refractivity contribution < 1.29 is 9.53 Å². The quantitative estimate of drug-likeness (QED) is 0.534. The van der Waals surface area contributed by atoms with Crippen LogP contribution in [0.1, 0.15) is 25.1 Å². The lowest BCUT2D eigenvalue weighted by Gasteiger charge is -2.13. The van der Waals surface area contributed by atoms with E-state index in [1.165, 1.54) is 10.9 Å². The largest absolute Gasteiger partial charge is 0.435 e. The molecule has 0 aliphatic heterocycles. The zero-order valence-electron chi connectivity index (χ0n) is 12.8. The maximum Gasteiger partial charge on any atom is 0.332 e. The molecule has 23 heavy (non-hydrogen) atoms. The molecule has 1 heterocycles. The van der Waals surface area contributed by atoms with Crippen molar-refractivity contribution in [2.45, 2.75) is 19.6 Å². The monoisotopic (exact) mass is 307 g/mol. The van der Waals surface area contributed by atoms with Crippen LogP contribution in [0.25, 0.3) is 17.1 Å². The average molecular weight is 307 g/mol. The number of hydrogen-bond donors (Lipinski definition) is 0.